The number of benzene rings is 2. The van der Waals surface area contributed by atoms with Crippen LogP contribution in [0.3, 0.4) is 0 Å². The number of nitrogens with zero attached hydrogens (tertiary/aromatic N) is 1. The normalized spacial score (nSPS) is 11.0. The van der Waals surface area contributed by atoms with Gasteiger partial charge in [-0.1, -0.05) is 12.1 Å². The fraction of sp³-hybridized carbons (Fsp3) is 0.111. The van der Waals surface area contributed by atoms with Gasteiger partial charge in [-0.25, -0.2) is 9.78 Å². The third kappa shape index (κ3) is 3.58. The number of hydrogen-bond donors (Lipinski definition) is 0. The lowest BCUT2D eigenvalue weighted by molar-refractivity contribution is -0.128. The predicted octanol–water partition coefficient (Wildman–Crippen LogP) is 3.76. The Labute approximate surface area is 133 Å². The summed E-state index contributed by atoms with van der Waals surface area (Å²) in [7, 11) is 1.60. The summed E-state index contributed by atoms with van der Waals surface area (Å²) in [6.07, 6.45) is 3.03. The molecule has 0 unspecified atom stereocenters. The van der Waals surface area contributed by atoms with E-state index in [0.717, 1.165) is 16.8 Å². The molecule has 0 aliphatic heterocycles. The van der Waals surface area contributed by atoms with Crippen molar-refractivity contribution in [1.82, 2.24) is 4.98 Å². The van der Waals surface area contributed by atoms with Gasteiger partial charge in [0.25, 0.3) is 0 Å². The van der Waals surface area contributed by atoms with Gasteiger partial charge in [-0.3, -0.25) is 0 Å². The van der Waals surface area contributed by atoms with Gasteiger partial charge in [0.2, 0.25) is 0 Å². The quantitative estimate of drug-likeness (QED) is 0.417. The zero-order valence-corrected chi connectivity index (χ0v) is 12.8. The van der Waals surface area contributed by atoms with Crippen molar-refractivity contribution in [3.05, 3.63) is 60.0 Å². The monoisotopic (exact) mass is 309 g/mol. The van der Waals surface area contributed by atoms with E-state index in [2.05, 4.69) is 4.98 Å². The molecule has 0 spiro atoms. The Morgan fingerprint density at radius 1 is 1.17 bits per heavy atom. The predicted molar refractivity (Wildman–Crippen MR) is 86.4 cm³/mol. The van der Waals surface area contributed by atoms with Crippen LogP contribution in [0.15, 0.2) is 53.0 Å². The van der Waals surface area contributed by atoms with Gasteiger partial charge < -0.3 is 13.9 Å². The smallest absolute Gasteiger partial charge is 0.336 e. The highest BCUT2D eigenvalue weighted by molar-refractivity contribution is 5.89. The maximum atomic E-state index is 11.9. The highest BCUT2D eigenvalue weighted by atomic mass is 16.5. The van der Waals surface area contributed by atoms with Crippen LogP contribution in [0.2, 0.25) is 0 Å². The Bertz CT molecular complexity index is 880. The lowest BCUT2D eigenvalue weighted by atomic mass is 10.2. The Morgan fingerprint density at radius 2 is 2.04 bits per heavy atom. The van der Waals surface area contributed by atoms with Gasteiger partial charge in [0, 0.05) is 19.1 Å². The molecule has 0 aliphatic rings. The number of aromatic nitrogens is 1. The lowest BCUT2D eigenvalue weighted by Gasteiger charge is -2.01. The summed E-state index contributed by atoms with van der Waals surface area (Å²) in [5, 5.41) is 0. The van der Waals surface area contributed by atoms with E-state index in [4.69, 9.17) is 13.9 Å². The second kappa shape index (κ2) is 6.36. The molecule has 1 heterocycles. The number of carbonyl (C=O) groups is 1. The molecule has 0 fully saturated rings. The third-order valence-corrected chi connectivity index (χ3v) is 3.19. The highest BCUT2D eigenvalue weighted by Crippen LogP contribution is 2.21. The molecule has 0 atom stereocenters. The van der Waals surface area contributed by atoms with Crippen LogP contribution in [0.25, 0.3) is 17.2 Å². The molecule has 5 nitrogen and oxygen atoms in total. The van der Waals surface area contributed by atoms with Gasteiger partial charge in [0.1, 0.15) is 17.0 Å². The van der Waals surface area contributed by atoms with E-state index in [0.29, 0.717) is 17.2 Å². The molecule has 3 rings (SSSR count). The number of rotatable bonds is 4. The maximum Gasteiger partial charge on any atom is 0.336 e. The van der Waals surface area contributed by atoms with Crippen LogP contribution in [0.4, 0.5) is 0 Å². The average molecular weight is 309 g/mol. The first-order valence-corrected chi connectivity index (χ1v) is 7.05. The zero-order chi connectivity index (χ0) is 16.2. The van der Waals surface area contributed by atoms with Crippen molar-refractivity contribution in [2.45, 2.75) is 6.92 Å². The van der Waals surface area contributed by atoms with E-state index in [1.54, 1.807) is 38.3 Å². The lowest BCUT2D eigenvalue weighted by Crippen LogP contribution is -2.03. The molecule has 0 aliphatic carbocycles. The summed E-state index contributed by atoms with van der Waals surface area (Å²) in [4.78, 5) is 16.1. The number of fused-ring (bicyclic) bond motifs is 1. The molecule has 0 saturated carbocycles. The molecule has 5 heteroatoms. The van der Waals surface area contributed by atoms with Crippen LogP contribution in [-0.2, 0) is 4.79 Å². The van der Waals surface area contributed by atoms with Crippen molar-refractivity contribution in [2.75, 3.05) is 7.11 Å². The van der Waals surface area contributed by atoms with Gasteiger partial charge in [0.15, 0.2) is 11.5 Å². The standard InChI is InChI=1S/C18H15NO4/c1-12-19-16-8-7-15(11-17(16)22-12)23-18(20)9-6-13-4-3-5-14(10-13)21-2/h3-11H,1-2H3/b9-6+. The summed E-state index contributed by atoms with van der Waals surface area (Å²) in [5.41, 5.74) is 2.17. The van der Waals surface area contributed by atoms with Crippen molar-refractivity contribution in [3.8, 4) is 11.5 Å². The average Bonchev–Trinajstić information content (AvgIpc) is 2.92. The van der Waals surface area contributed by atoms with E-state index in [1.165, 1.54) is 6.08 Å². The molecular weight excluding hydrogens is 294 g/mol. The SMILES string of the molecule is COc1cccc(/C=C/C(=O)Oc2ccc3nc(C)oc3c2)c1. The Kier molecular flexibility index (Phi) is 4.10. The fourth-order valence-corrected chi connectivity index (χ4v) is 2.14. The Balaban J connectivity index is 1.71. The largest absolute Gasteiger partial charge is 0.497 e. The van der Waals surface area contributed by atoms with Crippen molar-refractivity contribution < 1.29 is 18.7 Å². The third-order valence-electron chi connectivity index (χ3n) is 3.19. The summed E-state index contributed by atoms with van der Waals surface area (Å²) < 4.78 is 15.8. The topological polar surface area (TPSA) is 61.6 Å². The van der Waals surface area contributed by atoms with E-state index >= 15 is 0 Å². The molecule has 116 valence electrons. The second-order valence-corrected chi connectivity index (χ2v) is 4.89. The van der Waals surface area contributed by atoms with Crippen LogP contribution in [0.1, 0.15) is 11.5 Å². The molecule has 23 heavy (non-hydrogen) atoms. The van der Waals surface area contributed by atoms with Crippen molar-refractivity contribution in [1.29, 1.82) is 0 Å². The van der Waals surface area contributed by atoms with Crippen LogP contribution in [0, 0.1) is 6.92 Å². The van der Waals surface area contributed by atoms with Crippen LogP contribution < -0.4 is 9.47 Å². The number of methoxy groups -OCH3 is 1. The minimum atomic E-state index is -0.469. The summed E-state index contributed by atoms with van der Waals surface area (Å²) in [6.45, 7) is 1.77. The van der Waals surface area contributed by atoms with E-state index in [1.807, 2.05) is 24.3 Å². The summed E-state index contributed by atoms with van der Waals surface area (Å²) in [6, 6.07) is 12.5. The molecule has 0 N–H and O–H groups in total. The molecule has 3 aromatic rings. The number of aryl methyl sites for hydroxylation is 1. The Morgan fingerprint density at radius 3 is 2.87 bits per heavy atom. The van der Waals surface area contributed by atoms with Gasteiger partial charge in [-0.15, -0.1) is 0 Å². The van der Waals surface area contributed by atoms with Crippen molar-refractivity contribution >= 4 is 23.1 Å². The number of esters is 1. The molecule has 1 aromatic heterocycles. The second-order valence-electron chi connectivity index (χ2n) is 4.89. The van der Waals surface area contributed by atoms with Crippen molar-refractivity contribution in [3.63, 3.8) is 0 Å². The molecule has 0 saturated heterocycles. The molecular formula is C18H15NO4. The molecule has 0 bridgehead atoms. The van der Waals surface area contributed by atoms with Gasteiger partial charge in [0.05, 0.1) is 7.11 Å². The maximum absolute atomic E-state index is 11.9. The van der Waals surface area contributed by atoms with Gasteiger partial charge in [-0.2, -0.15) is 0 Å². The Hall–Kier alpha value is -3.08. The number of hydrogen-bond acceptors (Lipinski definition) is 5. The van der Waals surface area contributed by atoms with Crippen LogP contribution in [-0.4, -0.2) is 18.1 Å². The number of oxazole rings is 1. The number of carbonyl (C=O) groups excluding carboxylic acids is 1. The molecule has 0 amide bonds. The molecule has 2 aromatic carbocycles. The minimum absolute atomic E-state index is 0.411. The van der Waals surface area contributed by atoms with Crippen LogP contribution in [0.5, 0.6) is 11.5 Å². The summed E-state index contributed by atoms with van der Waals surface area (Å²) in [5.74, 6) is 1.24. The first kappa shape index (κ1) is 14.8. The van der Waals surface area contributed by atoms with E-state index < -0.39 is 5.97 Å². The van der Waals surface area contributed by atoms with Gasteiger partial charge >= 0.3 is 5.97 Å². The number of ether oxygens (including phenoxy) is 2. The van der Waals surface area contributed by atoms with E-state index in [-0.39, 0.29) is 0 Å². The van der Waals surface area contributed by atoms with Gasteiger partial charge in [-0.05, 0) is 35.9 Å². The minimum Gasteiger partial charge on any atom is -0.497 e. The fourth-order valence-electron chi connectivity index (χ4n) is 2.14. The first-order chi connectivity index (χ1) is 11.1. The van der Waals surface area contributed by atoms with E-state index in [9.17, 15) is 4.79 Å². The van der Waals surface area contributed by atoms with Crippen LogP contribution >= 0.6 is 0 Å². The zero-order valence-electron chi connectivity index (χ0n) is 12.8. The summed E-state index contributed by atoms with van der Waals surface area (Å²) >= 11 is 0. The molecule has 0 radical (unpaired) electrons. The highest BCUT2D eigenvalue weighted by Gasteiger charge is 2.06. The first-order valence-electron chi connectivity index (χ1n) is 7.05. The van der Waals surface area contributed by atoms with Crippen molar-refractivity contribution in [2.24, 2.45) is 0 Å².